The molecule has 0 spiro atoms. The van der Waals surface area contributed by atoms with Crippen LogP contribution in [-0.4, -0.2) is 31.2 Å². The third kappa shape index (κ3) is 1.53. The summed E-state index contributed by atoms with van der Waals surface area (Å²) < 4.78 is 16.5. The van der Waals surface area contributed by atoms with Gasteiger partial charge in [-0.2, -0.15) is 0 Å². The maximum Gasteiger partial charge on any atom is 0.163 e. The van der Waals surface area contributed by atoms with Crippen molar-refractivity contribution in [2.75, 3.05) is 13.2 Å². The lowest BCUT2D eigenvalue weighted by atomic mass is 10.1. The molecule has 0 N–H and O–H groups in total. The lowest BCUT2D eigenvalue weighted by molar-refractivity contribution is -0.300. The van der Waals surface area contributed by atoms with Crippen molar-refractivity contribution in [1.29, 1.82) is 0 Å². The molecule has 0 unspecified atom stereocenters. The summed E-state index contributed by atoms with van der Waals surface area (Å²) >= 11 is 0. The molecule has 2 aliphatic rings. The minimum Gasteiger partial charge on any atom is -0.369 e. The molecule has 0 aromatic rings. The Morgan fingerprint density at radius 2 is 2.25 bits per heavy atom. The first-order valence-corrected chi connectivity index (χ1v) is 4.27. The molecule has 3 heteroatoms. The number of hydrogen-bond acceptors (Lipinski definition) is 3. The van der Waals surface area contributed by atoms with Crippen molar-refractivity contribution in [2.45, 2.75) is 31.8 Å². The minimum absolute atomic E-state index is 0.0718. The Labute approximate surface area is 72.3 Å². The molecule has 2 heterocycles. The van der Waals surface area contributed by atoms with E-state index in [-0.39, 0.29) is 12.2 Å². The van der Waals surface area contributed by atoms with Gasteiger partial charge in [0, 0.05) is 0 Å². The summed E-state index contributed by atoms with van der Waals surface area (Å²) in [7, 11) is 0. The summed E-state index contributed by atoms with van der Waals surface area (Å²) in [5.41, 5.74) is 0. The van der Waals surface area contributed by atoms with Crippen molar-refractivity contribution in [3.05, 3.63) is 12.2 Å². The molecule has 0 aromatic heterocycles. The first kappa shape index (κ1) is 8.23. The first-order chi connectivity index (χ1) is 5.67. The van der Waals surface area contributed by atoms with Crippen LogP contribution in [0.5, 0.6) is 0 Å². The average Bonchev–Trinajstić information content (AvgIpc) is 2.02. The van der Waals surface area contributed by atoms with Crippen molar-refractivity contribution in [1.82, 2.24) is 0 Å². The highest BCUT2D eigenvalue weighted by Gasteiger charge is 2.36. The zero-order chi connectivity index (χ0) is 8.60. The molecule has 1 fully saturated rings. The highest BCUT2D eigenvalue weighted by atomic mass is 16.7. The van der Waals surface area contributed by atoms with Crippen molar-refractivity contribution < 1.29 is 14.2 Å². The molecular formula is C9H14O3. The second kappa shape index (κ2) is 2.83. The fraction of sp³-hybridized carbons (Fsp3) is 0.778. The molecule has 12 heavy (non-hydrogen) atoms. The van der Waals surface area contributed by atoms with Crippen molar-refractivity contribution >= 4 is 0 Å². The van der Waals surface area contributed by atoms with Crippen molar-refractivity contribution in [3.63, 3.8) is 0 Å². The fourth-order valence-electron chi connectivity index (χ4n) is 1.49. The summed E-state index contributed by atoms with van der Waals surface area (Å²) in [6, 6.07) is 0. The molecule has 3 nitrogen and oxygen atoms in total. The van der Waals surface area contributed by atoms with Gasteiger partial charge in [0.05, 0.1) is 13.2 Å². The van der Waals surface area contributed by atoms with Gasteiger partial charge in [-0.3, -0.25) is 0 Å². The van der Waals surface area contributed by atoms with E-state index in [1.54, 1.807) is 0 Å². The number of ether oxygens (including phenoxy) is 3. The Kier molecular flexibility index (Phi) is 1.94. The predicted molar refractivity (Wildman–Crippen MR) is 43.8 cm³/mol. The smallest absolute Gasteiger partial charge is 0.163 e. The lowest BCUT2D eigenvalue weighted by Gasteiger charge is -2.40. The highest BCUT2D eigenvalue weighted by molar-refractivity contribution is 5.00. The molecule has 0 radical (unpaired) electrons. The van der Waals surface area contributed by atoms with Crippen LogP contribution >= 0.6 is 0 Å². The van der Waals surface area contributed by atoms with Gasteiger partial charge in [0.15, 0.2) is 5.79 Å². The quantitative estimate of drug-likeness (QED) is 0.509. The largest absolute Gasteiger partial charge is 0.369 e. The van der Waals surface area contributed by atoms with Gasteiger partial charge < -0.3 is 14.2 Å². The summed E-state index contributed by atoms with van der Waals surface area (Å²) in [6.07, 6.45) is 4.20. The van der Waals surface area contributed by atoms with Gasteiger partial charge in [0.1, 0.15) is 12.2 Å². The van der Waals surface area contributed by atoms with Crippen LogP contribution in [0.15, 0.2) is 12.2 Å². The highest BCUT2D eigenvalue weighted by Crippen LogP contribution is 2.26. The third-order valence-corrected chi connectivity index (χ3v) is 2.11. The van der Waals surface area contributed by atoms with E-state index in [9.17, 15) is 0 Å². The van der Waals surface area contributed by atoms with Crippen molar-refractivity contribution in [2.24, 2.45) is 0 Å². The molecule has 2 rings (SSSR count). The van der Waals surface area contributed by atoms with Gasteiger partial charge in [-0.25, -0.2) is 0 Å². The van der Waals surface area contributed by atoms with Gasteiger partial charge in [-0.15, -0.1) is 0 Å². The topological polar surface area (TPSA) is 27.7 Å². The third-order valence-electron chi connectivity index (χ3n) is 2.11. The van der Waals surface area contributed by atoms with Crippen molar-refractivity contribution in [3.8, 4) is 0 Å². The van der Waals surface area contributed by atoms with E-state index in [0.717, 1.165) is 0 Å². The van der Waals surface area contributed by atoms with Gasteiger partial charge in [-0.05, 0) is 13.8 Å². The molecule has 68 valence electrons. The SMILES string of the molecule is CC1(C)OC[C@H]2OCC=C[C@@H]2O1. The number of hydrogen-bond donors (Lipinski definition) is 0. The van der Waals surface area contributed by atoms with Crippen LogP contribution in [0.25, 0.3) is 0 Å². The maximum absolute atomic E-state index is 5.64. The van der Waals surface area contributed by atoms with Crippen LogP contribution in [0, 0.1) is 0 Å². The van der Waals surface area contributed by atoms with Crippen LogP contribution in [-0.2, 0) is 14.2 Å². The normalized spacial score (nSPS) is 39.2. The van der Waals surface area contributed by atoms with E-state index >= 15 is 0 Å². The van der Waals surface area contributed by atoms with E-state index in [1.165, 1.54) is 0 Å². The van der Waals surface area contributed by atoms with Gasteiger partial charge >= 0.3 is 0 Å². The lowest BCUT2D eigenvalue weighted by Crippen LogP contribution is -2.50. The van der Waals surface area contributed by atoms with Gasteiger partial charge in [0.25, 0.3) is 0 Å². The van der Waals surface area contributed by atoms with Crippen LogP contribution in [0.1, 0.15) is 13.8 Å². The molecule has 2 aliphatic heterocycles. The number of rotatable bonds is 0. The second-order valence-electron chi connectivity index (χ2n) is 3.59. The Morgan fingerprint density at radius 1 is 1.42 bits per heavy atom. The first-order valence-electron chi connectivity index (χ1n) is 4.27. The summed E-state index contributed by atoms with van der Waals surface area (Å²) in [5, 5.41) is 0. The molecule has 2 atom stereocenters. The Bertz CT molecular complexity index is 198. The summed E-state index contributed by atoms with van der Waals surface area (Å²) in [4.78, 5) is 0. The standard InChI is InChI=1S/C9H14O3/c1-9(2)11-6-8-7(12-9)4-3-5-10-8/h3-4,7-8H,5-6H2,1-2H3/t7-,8+/m0/s1. The maximum atomic E-state index is 5.64. The van der Waals surface area contributed by atoms with Crippen LogP contribution in [0.4, 0.5) is 0 Å². The molecule has 0 aromatic carbocycles. The number of fused-ring (bicyclic) bond motifs is 1. The van der Waals surface area contributed by atoms with Crippen LogP contribution in [0.2, 0.25) is 0 Å². The van der Waals surface area contributed by atoms with E-state index in [0.29, 0.717) is 13.2 Å². The fourth-order valence-corrected chi connectivity index (χ4v) is 1.49. The second-order valence-corrected chi connectivity index (χ2v) is 3.59. The summed E-state index contributed by atoms with van der Waals surface area (Å²) in [6.45, 7) is 5.15. The molecule has 0 saturated carbocycles. The Morgan fingerprint density at radius 3 is 3.08 bits per heavy atom. The Hall–Kier alpha value is -0.380. The predicted octanol–water partition coefficient (Wildman–Crippen LogP) is 1.09. The molecule has 0 aliphatic carbocycles. The zero-order valence-corrected chi connectivity index (χ0v) is 7.45. The van der Waals surface area contributed by atoms with E-state index in [1.807, 2.05) is 19.9 Å². The molecule has 1 saturated heterocycles. The van der Waals surface area contributed by atoms with Crippen LogP contribution < -0.4 is 0 Å². The van der Waals surface area contributed by atoms with E-state index < -0.39 is 5.79 Å². The molecular weight excluding hydrogens is 156 g/mol. The van der Waals surface area contributed by atoms with Gasteiger partial charge in [0.2, 0.25) is 0 Å². The molecule has 0 amide bonds. The average molecular weight is 170 g/mol. The molecule has 0 bridgehead atoms. The Balaban J connectivity index is 2.07. The zero-order valence-electron chi connectivity index (χ0n) is 7.45. The van der Waals surface area contributed by atoms with E-state index in [2.05, 4.69) is 6.08 Å². The minimum atomic E-state index is -0.466. The summed E-state index contributed by atoms with van der Waals surface area (Å²) in [5.74, 6) is -0.466. The van der Waals surface area contributed by atoms with E-state index in [4.69, 9.17) is 14.2 Å². The van der Waals surface area contributed by atoms with Gasteiger partial charge in [-0.1, -0.05) is 12.2 Å². The van der Waals surface area contributed by atoms with Crippen LogP contribution in [0.3, 0.4) is 0 Å². The monoisotopic (exact) mass is 170 g/mol.